The fraction of sp³-hybridized carbons (Fsp3) is 0.562. The van der Waals surface area contributed by atoms with Gasteiger partial charge in [0, 0.05) is 6.61 Å². The molecule has 1 unspecified atom stereocenters. The molecule has 0 spiro atoms. The van der Waals surface area contributed by atoms with Gasteiger partial charge in [-0.3, -0.25) is 0 Å². The zero-order valence-corrected chi connectivity index (χ0v) is 12.4. The molecule has 0 aliphatic carbocycles. The Labute approximate surface area is 121 Å². The smallest absolute Gasteiger partial charge is 0.333 e. The van der Waals surface area contributed by atoms with Gasteiger partial charge in [-0.05, 0) is 18.9 Å². The second kappa shape index (κ2) is 8.72. The molecule has 0 saturated heterocycles. The number of hydrogen-bond donors (Lipinski definition) is 1. The van der Waals surface area contributed by atoms with Crippen LogP contribution in [-0.4, -0.2) is 25.8 Å². The van der Waals surface area contributed by atoms with Gasteiger partial charge in [0.2, 0.25) is 0 Å². The summed E-state index contributed by atoms with van der Waals surface area (Å²) in [6, 6.07) is 9.25. The number of hydrogen-bond acceptors (Lipinski definition) is 4. The van der Waals surface area contributed by atoms with Crippen molar-refractivity contribution in [2.45, 2.75) is 38.6 Å². The van der Waals surface area contributed by atoms with Gasteiger partial charge in [-0.1, -0.05) is 50.1 Å². The molecule has 20 heavy (non-hydrogen) atoms. The summed E-state index contributed by atoms with van der Waals surface area (Å²) in [5, 5.41) is 0. The van der Waals surface area contributed by atoms with Gasteiger partial charge in [-0.2, -0.15) is 0 Å². The van der Waals surface area contributed by atoms with Crippen molar-refractivity contribution in [2.75, 3.05) is 19.8 Å². The molecule has 4 heteroatoms. The van der Waals surface area contributed by atoms with E-state index in [9.17, 15) is 4.79 Å². The largest absolute Gasteiger partial charge is 0.464 e. The van der Waals surface area contributed by atoms with E-state index in [4.69, 9.17) is 15.2 Å². The second-order valence-electron chi connectivity index (χ2n) is 4.82. The molecule has 0 radical (unpaired) electrons. The highest BCUT2D eigenvalue weighted by Crippen LogP contribution is 2.21. The third kappa shape index (κ3) is 4.62. The van der Waals surface area contributed by atoms with E-state index < -0.39 is 11.5 Å². The quantitative estimate of drug-likeness (QED) is 0.557. The lowest BCUT2D eigenvalue weighted by molar-refractivity contribution is -0.152. The highest BCUT2D eigenvalue weighted by Gasteiger charge is 2.37. The third-order valence-electron chi connectivity index (χ3n) is 3.15. The van der Waals surface area contributed by atoms with Gasteiger partial charge in [0.05, 0.1) is 13.2 Å². The van der Waals surface area contributed by atoms with Gasteiger partial charge in [0.1, 0.15) is 0 Å². The van der Waals surface area contributed by atoms with Crippen LogP contribution < -0.4 is 5.73 Å². The first-order valence-corrected chi connectivity index (χ1v) is 7.24. The minimum Gasteiger partial charge on any atom is -0.464 e. The number of carbonyl (C=O) groups excluding carboxylic acids is 1. The molecule has 1 aromatic carbocycles. The third-order valence-corrected chi connectivity index (χ3v) is 3.15. The lowest BCUT2D eigenvalue weighted by Gasteiger charge is -2.27. The highest BCUT2D eigenvalue weighted by molar-refractivity contribution is 5.82. The van der Waals surface area contributed by atoms with Gasteiger partial charge in [0.25, 0.3) is 0 Å². The van der Waals surface area contributed by atoms with E-state index in [0.29, 0.717) is 18.8 Å². The summed E-state index contributed by atoms with van der Waals surface area (Å²) in [6.45, 7) is 4.96. The Kier molecular flexibility index (Phi) is 7.26. The first-order chi connectivity index (χ1) is 9.65. The molecule has 0 fully saturated rings. The van der Waals surface area contributed by atoms with Crippen molar-refractivity contribution in [1.82, 2.24) is 0 Å². The van der Waals surface area contributed by atoms with Crippen molar-refractivity contribution < 1.29 is 14.3 Å². The van der Waals surface area contributed by atoms with Crippen LogP contribution in [0, 0.1) is 0 Å². The van der Waals surface area contributed by atoms with E-state index in [1.807, 2.05) is 30.3 Å². The Balaban J connectivity index is 2.72. The lowest BCUT2D eigenvalue weighted by atomic mass is 9.92. The van der Waals surface area contributed by atoms with Crippen molar-refractivity contribution >= 4 is 5.97 Å². The Morgan fingerprint density at radius 2 is 1.90 bits per heavy atom. The monoisotopic (exact) mass is 279 g/mol. The van der Waals surface area contributed by atoms with Gasteiger partial charge < -0.3 is 15.2 Å². The molecule has 4 nitrogen and oxygen atoms in total. The summed E-state index contributed by atoms with van der Waals surface area (Å²) in [5.41, 5.74) is 5.75. The van der Waals surface area contributed by atoms with Crippen LogP contribution >= 0.6 is 0 Å². The second-order valence-corrected chi connectivity index (χ2v) is 4.82. The standard InChI is InChI=1S/C16H25NO3/c1-3-5-9-12-19-13-16(17,15(18)20-4-2)14-10-7-6-8-11-14/h6-8,10-11H,3-5,9,12-13,17H2,1-2H3. The molecule has 0 aromatic heterocycles. The molecular formula is C16H25NO3. The topological polar surface area (TPSA) is 61.5 Å². The Hall–Kier alpha value is -1.39. The zero-order chi connectivity index (χ0) is 14.8. The fourth-order valence-electron chi connectivity index (χ4n) is 1.94. The Morgan fingerprint density at radius 3 is 2.50 bits per heavy atom. The summed E-state index contributed by atoms with van der Waals surface area (Å²) in [4.78, 5) is 12.2. The van der Waals surface area contributed by atoms with E-state index in [1.165, 1.54) is 0 Å². The van der Waals surface area contributed by atoms with Gasteiger partial charge >= 0.3 is 5.97 Å². The molecule has 0 saturated carbocycles. The number of esters is 1. The van der Waals surface area contributed by atoms with Crippen LogP contribution in [0.3, 0.4) is 0 Å². The fourth-order valence-corrected chi connectivity index (χ4v) is 1.94. The molecular weight excluding hydrogens is 254 g/mol. The SMILES string of the molecule is CCCCCOCC(N)(C(=O)OCC)c1ccccc1. The number of rotatable bonds is 9. The molecule has 0 bridgehead atoms. The molecule has 1 atom stereocenters. The molecule has 112 valence electrons. The van der Waals surface area contributed by atoms with Crippen LogP contribution in [0.2, 0.25) is 0 Å². The number of carbonyl (C=O) groups is 1. The highest BCUT2D eigenvalue weighted by atomic mass is 16.5. The van der Waals surface area contributed by atoms with E-state index in [0.717, 1.165) is 19.3 Å². The molecule has 1 rings (SSSR count). The van der Waals surface area contributed by atoms with Crippen molar-refractivity contribution in [3.05, 3.63) is 35.9 Å². The van der Waals surface area contributed by atoms with E-state index in [2.05, 4.69) is 6.92 Å². The average molecular weight is 279 g/mol. The Morgan fingerprint density at radius 1 is 1.20 bits per heavy atom. The van der Waals surface area contributed by atoms with Crippen LogP contribution in [0.1, 0.15) is 38.7 Å². The molecule has 0 amide bonds. The minimum absolute atomic E-state index is 0.138. The van der Waals surface area contributed by atoms with Crippen LogP contribution in [0.15, 0.2) is 30.3 Å². The predicted octanol–water partition coefficient (Wildman–Crippen LogP) is 2.61. The maximum atomic E-state index is 12.2. The number of unbranched alkanes of at least 4 members (excludes halogenated alkanes) is 2. The van der Waals surface area contributed by atoms with Crippen LogP contribution in [-0.2, 0) is 19.8 Å². The molecule has 0 heterocycles. The maximum absolute atomic E-state index is 12.2. The van der Waals surface area contributed by atoms with Crippen molar-refractivity contribution in [3.63, 3.8) is 0 Å². The van der Waals surface area contributed by atoms with Crippen molar-refractivity contribution in [3.8, 4) is 0 Å². The summed E-state index contributed by atoms with van der Waals surface area (Å²) >= 11 is 0. The van der Waals surface area contributed by atoms with Crippen LogP contribution in [0.5, 0.6) is 0 Å². The van der Waals surface area contributed by atoms with Crippen LogP contribution in [0.25, 0.3) is 0 Å². The van der Waals surface area contributed by atoms with E-state index in [1.54, 1.807) is 6.92 Å². The van der Waals surface area contributed by atoms with E-state index >= 15 is 0 Å². The number of benzene rings is 1. The first kappa shape index (κ1) is 16.7. The number of nitrogens with two attached hydrogens (primary N) is 1. The summed E-state index contributed by atoms with van der Waals surface area (Å²) in [7, 11) is 0. The first-order valence-electron chi connectivity index (χ1n) is 7.24. The molecule has 0 aliphatic heterocycles. The van der Waals surface area contributed by atoms with E-state index in [-0.39, 0.29) is 6.61 Å². The normalized spacial score (nSPS) is 13.8. The summed E-state index contributed by atoms with van der Waals surface area (Å²) < 4.78 is 10.7. The van der Waals surface area contributed by atoms with Gasteiger partial charge in [0.15, 0.2) is 5.54 Å². The zero-order valence-electron chi connectivity index (χ0n) is 12.4. The van der Waals surface area contributed by atoms with Crippen LogP contribution in [0.4, 0.5) is 0 Å². The minimum atomic E-state index is -1.23. The summed E-state index contributed by atoms with van der Waals surface area (Å²) in [5.74, 6) is -0.443. The lowest BCUT2D eigenvalue weighted by Crippen LogP contribution is -2.50. The number of ether oxygens (including phenoxy) is 2. The van der Waals surface area contributed by atoms with Crippen molar-refractivity contribution in [1.29, 1.82) is 0 Å². The Bertz CT molecular complexity index is 394. The maximum Gasteiger partial charge on any atom is 0.333 e. The summed E-state index contributed by atoms with van der Waals surface area (Å²) in [6.07, 6.45) is 3.22. The van der Waals surface area contributed by atoms with Gasteiger partial charge in [-0.15, -0.1) is 0 Å². The molecule has 1 aromatic rings. The molecule has 2 N–H and O–H groups in total. The average Bonchev–Trinajstić information content (AvgIpc) is 2.48. The molecule has 0 aliphatic rings. The predicted molar refractivity (Wildman–Crippen MR) is 79.3 cm³/mol. The van der Waals surface area contributed by atoms with Crippen molar-refractivity contribution in [2.24, 2.45) is 5.73 Å². The van der Waals surface area contributed by atoms with Gasteiger partial charge in [-0.25, -0.2) is 4.79 Å².